The summed E-state index contributed by atoms with van der Waals surface area (Å²) in [6.07, 6.45) is -1.88. The van der Waals surface area contributed by atoms with Gasteiger partial charge in [-0.1, -0.05) is 6.92 Å². The van der Waals surface area contributed by atoms with Gasteiger partial charge >= 0.3 is 6.36 Å². The number of hydrogen-bond acceptors (Lipinski definition) is 7. The summed E-state index contributed by atoms with van der Waals surface area (Å²) in [6.45, 7) is 5.15. The number of nitrogens with zero attached hydrogens (tertiary/aromatic N) is 5. The molecule has 0 amide bonds. The second-order valence-corrected chi connectivity index (χ2v) is 6.30. The van der Waals surface area contributed by atoms with E-state index in [1.807, 2.05) is 6.92 Å². The van der Waals surface area contributed by atoms with Crippen LogP contribution in [0, 0.1) is 0 Å². The number of aromatic nitrogens is 3. The minimum atomic E-state index is -4.70. The smallest absolute Gasteiger partial charge is 0.404 e. The summed E-state index contributed by atoms with van der Waals surface area (Å²) < 4.78 is 44.8. The van der Waals surface area contributed by atoms with Crippen LogP contribution in [-0.4, -0.2) is 46.9 Å². The van der Waals surface area contributed by atoms with E-state index < -0.39 is 6.36 Å². The van der Waals surface area contributed by atoms with Gasteiger partial charge in [0.2, 0.25) is 5.13 Å². The van der Waals surface area contributed by atoms with Crippen molar-refractivity contribution in [3.05, 3.63) is 24.2 Å². The summed E-state index contributed by atoms with van der Waals surface area (Å²) >= 11 is 1.40. The molecule has 6 nitrogen and oxygen atoms in total. The first-order valence-electron chi connectivity index (χ1n) is 7.99. The normalized spacial score (nSPS) is 16.0. The second kappa shape index (κ2) is 7.42. The van der Waals surface area contributed by atoms with Crippen LogP contribution in [0.4, 0.5) is 24.1 Å². The predicted molar refractivity (Wildman–Crippen MR) is 89.3 cm³/mol. The Hall–Kier alpha value is -2.10. The number of pyridine rings is 1. The minimum Gasteiger partial charge on any atom is -0.404 e. The van der Waals surface area contributed by atoms with Crippen LogP contribution in [0.15, 0.2) is 18.3 Å². The molecule has 0 radical (unpaired) electrons. The number of hydrogen-bond donors (Lipinski definition) is 0. The Morgan fingerprint density at radius 2 is 1.92 bits per heavy atom. The molecule has 2 aromatic rings. The highest BCUT2D eigenvalue weighted by molar-refractivity contribution is 7.09. The molecule has 0 bridgehead atoms. The van der Waals surface area contributed by atoms with E-state index in [1.165, 1.54) is 17.6 Å². The van der Waals surface area contributed by atoms with Gasteiger partial charge in [0.1, 0.15) is 17.4 Å². The highest BCUT2D eigenvalue weighted by atomic mass is 32.1. The van der Waals surface area contributed by atoms with E-state index in [1.54, 1.807) is 6.07 Å². The maximum atomic E-state index is 12.2. The molecule has 1 aliphatic rings. The van der Waals surface area contributed by atoms with Gasteiger partial charge in [0, 0.05) is 44.1 Å². The van der Waals surface area contributed by atoms with Gasteiger partial charge in [0.15, 0.2) is 0 Å². The van der Waals surface area contributed by atoms with Crippen molar-refractivity contribution in [1.82, 2.24) is 14.3 Å². The van der Waals surface area contributed by atoms with Crippen molar-refractivity contribution in [2.75, 3.05) is 36.0 Å². The largest absolute Gasteiger partial charge is 0.573 e. The Morgan fingerprint density at radius 1 is 1.16 bits per heavy atom. The van der Waals surface area contributed by atoms with Crippen LogP contribution in [0.1, 0.15) is 19.2 Å². The van der Waals surface area contributed by atoms with E-state index in [0.717, 1.165) is 49.6 Å². The van der Waals surface area contributed by atoms with Gasteiger partial charge in [0.05, 0.1) is 6.20 Å². The first-order chi connectivity index (χ1) is 11.9. The van der Waals surface area contributed by atoms with Crippen LogP contribution in [-0.2, 0) is 6.42 Å². The average Bonchev–Trinajstić information content (AvgIpc) is 2.91. The van der Waals surface area contributed by atoms with E-state index in [2.05, 4.69) is 28.9 Å². The van der Waals surface area contributed by atoms with Crippen molar-refractivity contribution >= 4 is 22.5 Å². The molecular formula is C15H18F3N5OS. The molecule has 25 heavy (non-hydrogen) atoms. The summed E-state index contributed by atoms with van der Waals surface area (Å²) in [6, 6.07) is 2.84. The predicted octanol–water partition coefficient (Wildman–Crippen LogP) is 3.11. The molecule has 0 unspecified atom stereocenters. The molecule has 3 rings (SSSR count). The standard InChI is InChI=1S/C15H18F3N5OS/c1-2-12-20-14(25-21-12)23-7-3-6-22(8-9-23)13-5-4-11(10-19-13)24-15(16,17)18/h4-5,10H,2-3,6-9H2,1H3. The number of anilines is 2. The number of halogens is 3. The van der Waals surface area contributed by atoms with Crippen LogP contribution in [0.3, 0.4) is 0 Å². The molecule has 10 heteroatoms. The van der Waals surface area contributed by atoms with Crippen LogP contribution < -0.4 is 14.5 Å². The topological polar surface area (TPSA) is 54.4 Å². The molecule has 2 aromatic heterocycles. The van der Waals surface area contributed by atoms with Crippen LogP contribution in [0.5, 0.6) is 5.75 Å². The Bertz CT molecular complexity index is 691. The molecular weight excluding hydrogens is 355 g/mol. The zero-order chi connectivity index (χ0) is 17.9. The van der Waals surface area contributed by atoms with E-state index in [4.69, 9.17) is 0 Å². The van der Waals surface area contributed by atoms with Gasteiger partial charge in [-0.2, -0.15) is 4.37 Å². The Kier molecular flexibility index (Phi) is 5.26. The molecule has 0 spiro atoms. The molecule has 0 N–H and O–H groups in total. The summed E-state index contributed by atoms with van der Waals surface area (Å²) in [4.78, 5) is 12.9. The first-order valence-corrected chi connectivity index (χ1v) is 8.76. The summed E-state index contributed by atoms with van der Waals surface area (Å²) in [5.74, 6) is 1.18. The van der Waals surface area contributed by atoms with Crippen molar-refractivity contribution in [2.24, 2.45) is 0 Å². The maximum absolute atomic E-state index is 12.2. The van der Waals surface area contributed by atoms with Gasteiger partial charge in [0.25, 0.3) is 0 Å². The molecule has 0 aromatic carbocycles. The number of ether oxygens (including phenoxy) is 1. The van der Waals surface area contributed by atoms with Gasteiger partial charge in [-0.05, 0) is 18.6 Å². The van der Waals surface area contributed by atoms with E-state index >= 15 is 0 Å². The third kappa shape index (κ3) is 4.71. The molecule has 3 heterocycles. The number of alkyl halides is 3. The Morgan fingerprint density at radius 3 is 2.56 bits per heavy atom. The van der Waals surface area contributed by atoms with E-state index in [-0.39, 0.29) is 5.75 Å². The third-order valence-electron chi connectivity index (χ3n) is 3.82. The van der Waals surface area contributed by atoms with E-state index in [0.29, 0.717) is 12.4 Å². The van der Waals surface area contributed by atoms with Crippen molar-refractivity contribution in [3.63, 3.8) is 0 Å². The average molecular weight is 373 g/mol. The van der Waals surface area contributed by atoms with Gasteiger partial charge in [-0.15, -0.1) is 13.2 Å². The lowest BCUT2D eigenvalue weighted by Crippen LogP contribution is -2.31. The fourth-order valence-corrected chi connectivity index (χ4v) is 3.41. The number of rotatable bonds is 4. The lowest BCUT2D eigenvalue weighted by molar-refractivity contribution is -0.274. The summed E-state index contributed by atoms with van der Waals surface area (Å²) in [5, 5.41) is 0.917. The van der Waals surface area contributed by atoms with Crippen molar-refractivity contribution in [1.29, 1.82) is 0 Å². The molecule has 1 saturated heterocycles. The fourth-order valence-electron chi connectivity index (χ4n) is 2.61. The van der Waals surface area contributed by atoms with Crippen LogP contribution in [0.25, 0.3) is 0 Å². The second-order valence-electron chi connectivity index (χ2n) is 5.57. The Labute approximate surface area is 147 Å². The van der Waals surface area contributed by atoms with Crippen LogP contribution in [0.2, 0.25) is 0 Å². The zero-order valence-corrected chi connectivity index (χ0v) is 14.5. The highest BCUT2D eigenvalue weighted by Gasteiger charge is 2.31. The quantitative estimate of drug-likeness (QED) is 0.821. The van der Waals surface area contributed by atoms with Crippen molar-refractivity contribution < 1.29 is 17.9 Å². The van der Waals surface area contributed by atoms with Gasteiger partial charge < -0.3 is 14.5 Å². The van der Waals surface area contributed by atoms with Gasteiger partial charge in [-0.3, -0.25) is 0 Å². The molecule has 136 valence electrons. The molecule has 1 aliphatic heterocycles. The first kappa shape index (κ1) is 17.7. The molecule has 0 saturated carbocycles. The third-order valence-corrected chi connectivity index (χ3v) is 4.63. The lowest BCUT2D eigenvalue weighted by atomic mass is 10.3. The monoisotopic (exact) mass is 373 g/mol. The SMILES string of the molecule is CCc1nsc(N2CCCN(c3ccc(OC(F)(F)F)cn3)CC2)n1. The minimum absolute atomic E-state index is 0.311. The summed E-state index contributed by atoms with van der Waals surface area (Å²) in [5.41, 5.74) is 0. The van der Waals surface area contributed by atoms with Crippen LogP contribution >= 0.6 is 11.5 Å². The molecule has 1 fully saturated rings. The van der Waals surface area contributed by atoms with Crippen molar-refractivity contribution in [3.8, 4) is 5.75 Å². The summed E-state index contributed by atoms with van der Waals surface area (Å²) in [7, 11) is 0. The van der Waals surface area contributed by atoms with Gasteiger partial charge in [-0.25, -0.2) is 9.97 Å². The fraction of sp³-hybridized carbons (Fsp3) is 0.533. The van der Waals surface area contributed by atoms with Crippen molar-refractivity contribution in [2.45, 2.75) is 26.1 Å². The number of aryl methyl sites for hydroxylation is 1. The zero-order valence-electron chi connectivity index (χ0n) is 13.7. The highest BCUT2D eigenvalue weighted by Crippen LogP contribution is 2.25. The molecule has 0 atom stereocenters. The maximum Gasteiger partial charge on any atom is 0.573 e. The molecule has 0 aliphatic carbocycles. The van der Waals surface area contributed by atoms with E-state index in [9.17, 15) is 13.2 Å². The lowest BCUT2D eigenvalue weighted by Gasteiger charge is -2.22. The Balaban J connectivity index is 1.62.